The highest BCUT2D eigenvalue weighted by Crippen LogP contribution is 2.34. The SMILES string of the molecule is NC(=O)c1sc2ccccc2c1CC1CCCCN1C(=O)c1ccnc(N2CCCC2)c1. The molecule has 2 saturated heterocycles. The van der Waals surface area contributed by atoms with Crippen LogP contribution in [0.2, 0.25) is 0 Å². The van der Waals surface area contributed by atoms with Crippen LogP contribution in [0.15, 0.2) is 42.6 Å². The van der Waals surface area contributed by atoms with E-state index in [0.29, 0.717) is 16.9 Å². The maximum Gasteiger partial charge on any atom is 0.259 e. The molecule has 6 nitrogen and oxygen atoms in total. The maximum atomic E-state index is 13.6. The summed E-state index contributed by atoms with van der Waals surface area (Å²) in [7, 11) is 0. The standard InChI is InChI=1S/C25H28N4O2S/c26-24(30)23-20(19-8-1-2-9-21(19)32-23)16-18-7-3-4-14-29(18)25(31)17-10-11-27-22(15-17)28-12-5-6-13-28/h1-2,8-11,15,18H,3-7,12-14,16H2,(H2,26,30). The van der Waals surface area contributed by atoms with Crippen LogP contribution in [0.4, 0.5) is 5.82 Å². The van der Waals surface area contributed by atoms with Gasteiger partial charge < -0.3 is 15.5 Å². The van der Waals surface area contributed by atoms with Gasteiger partial charge >= 0.3 is 0 Å². The molecule has 0 saturated carbocycles. The summed E-state index contributed by atoms with van der Waals surface area (Å²) in [5.74, 6) is 0.554. The van der Waals surface area contributed by atoms with Crippen molar-refractivity contribution >= 4 is 39.1 Å². The first-order valence-corrected chi connectivity index (χ1v) is 12.3. The number of amides is 2. The molecule has 32 heavy (non-hydrogen) atoms. The molecule has 2 N–H and O–H groups in total. The number of carbonyl (C=O) groups is 2. The van der Waals surface area contributed by atoms with E-state index in [-0.39, 0.29) is 17.9 Å². The Labute approximate surface area is 192 Å². The van der Waals surface area contributed by atoms with Gasteiger partial charge in [-0.05, 0) is 67.7 Å². The van der Waals surface area contributed by atoms with Gasteiger partial charge in [-0.15, -0.1) is 11.3 Å². The van der Waals surface area contributed by atoms with Gasteiger partial charge in [0.2, 0.25) is 0 Å². The highest BCUT2D eigenvalue weighted by Gasteiger charge is 2.30. The van der Waals surface area contributed by atoms with Gasteiger partial charge in [0, 0.05) is 42.1 Å². The van der Waals surface area contributed by atoms with Crippen LogP contribution in [-0.4, -0.2) is 47.4 Å². The number of likely N-dealkylation sites (tertiary alicyclic amines) is 1. The minimum absolute atomic E-state index is 0.0516. The van der Waals surface area contributed by atoms with Crippen LogP contribution in [0.3, 0.4) is 0 Å². The van der Waals surface area contributed by atoms with Gasteiger partial charge in [-0.1, -0.05) is 18.2 Å². The summed E-state index contributed by atoms with van der Waals surface area (Å²) >= 11 is 1.45. The van der Waals surface area contributed by atoms with Gasteiger partial charge in [0.25, 0.3) is 11.8 Å². The van der Waals surface area contributed by atoms with E-state index in [0.717, 1.165) is 60.4 Å². The van der Waals surface area contributed by atoms with Gasteiger partial charge in [0.1, 0.15) is 5.82 Å². The third-order valence-electron chi connectivity index (χ3n) is 6.67. The lowest BCUT2D eigenvalue weighted by molar-refractivity contribution is 0.0614. The zero-order valence-electron chi connectivity index (χ0n) is 18.1. The Bertz CT molecular complexity index is 1150. The number of fused-ring (bicyclic) bond motifs is 1. The minimum Gasteiger partial charge on any atom is -0.365 e. The normalized spacial score (nSPS) is 18.9. The minimum atomic E-state index is -0.390. The number of hydrogen-bond acceptors (Lipinski definition) is 5. The molecule has 7 heteroatoms. The molecule has 1 aromatic carbocycles. The maximum absolute atomic E-state index is 13.6. The Morgan fingerprint density at radius 2 is 1.84 bits per heavy atom. The van der Waals surface area contributed by atoms with E-state index in [1.807, 2.05) is 41.3 Å². The van der Waals surface area contributed by atoms with Gasteiger partial charge in [-0.2, -0.15) is 0 Å². The van der Waals surface area contributed by atoms with Gasteiger partial charge in [-0.3, -0.25) is 9.59 Å². The first-order chi connectivity index (χ1) is 15.6. The Hall–Kier alpha value is -2.93. The van der Waals surface area contributed by atoms with Crippen LogP contribution in [0, 0.1) is 0 Å². The highest BCUT2D eigenvalue weighted by atomic mass is 32.1. The van der Waals surface area contributed by atoms with Crippen LogP contribution in [-0.2, 0) is 6.42 Å². The molecule has 3 aromatic rings. The summed E-state index contributed by atoms with van der Waals surface area (Å²) in [6.45, 7) is 2.73. The van der Waals surface area contributed by atoms with Crippen LogP contribution in [0.1, 0.15) is 57.7 Å². The lowest BCUT2D eigenvalue weighted by Crippen LogP contribution is -2.45. The lowest BCUT2D eigenvalue weighted by atomic mass is 9.93. The van der Waals surface area contributed by atoms with Crippen molar-refractivity contribution in [1.82, 2.24) is 9.88 Å². The molecule has 166 valence electrons. The number of piperidine rings is 1. The molecule has 1 unspecified atom stereocenters. The molecule has 0 aliphatic carbocycles. The van der Waals surface area contributed by atoms with Gasteiger partial charge in [-0.25, -0.2) is 4.98 Å². The van der Waals surface area contributed by atoms with E-state index in [9.17, 15) is 9.59 Å². The molecule has 0 spiro atoms. The number of nitrogens with two attached hydrogens (primary N) is 1. The molecule has 0 bridgehead atoms. The Morgan fingerprint density at radius 1 is 1.06 bits per heavy atom. The van der Waals surface area contributed by atoms with E-state index >= 15 is 0 Å². The average Bonchev–Trinajstić information content (AvgIpc) is 3.48. The number of rotatable bonds is 5. The topological polar surface area (TPSA) is 79.5 Å². The second-order valence-corrected chi connectivity index (χ2v) is 9.77. The molecule has 2 aliphatic rings. The largest absolute Gasteiger partial charge is 0.365 e. The van der Waals surface area contributed by atoms with E-state index < -0.39 is 0 Å². The second kappa shape index (κ2) is 8.90. The Balaban J connectivity index is 1.43. The summed E-state index contributed by atoms with van der Waals surface area (Å²) in [4.78, 5) is 35.1. The third kappa shape index (κ3) is 3.97. The monoisotopic (exact) mass is 448 g/mol. The molecular weight excluding hydrogens is 420 g/mol. The van der Waals surface area contributed by atoms with Crippen molar-refractivity contribution in [2.75, 3.05) is 24.5 Å². The zero-order valence-corrected chi connectivity index (χ0v) is 18.9. The summed E-state index contributed by atoms with van der Waals surface area (Å²) in [6.07, 6.45) is 7.75. The molecule has 2 aromatic heterocycles. The molecule has 2 aliphatic heterocycles. The first-order valence-electron chi connectivity index (χ1n) is 11.4. The van der Waals surface area contributed by atoms with Crippen LogP contribution in [0.25, 0.3) is 10.1 Å². The quantitative estimate of drug-likeness (QED) is 0.633. The number of thiophene rings is 1. The molecule has 2 amide bonds. The van der Waals surface area contributed by atoms with E-state index in [1.165, 1.54) is 24.2 Å². The van der Waals surface area contributed by atoms with Crippen molar-refractivity contribution in [3.63, 3.8) is 0 Å². The highest BCUT2D eigenvalue weighted by molar-refractivity contribution is 7.21. The van der Waals surface area contributed by atoms with Crippen molar-refractivity contribution in [1.29, 1.82) is 0 Å². The number of hydrogen-bond donors (Lipinski definition) is 1. The van der Waals surface area contributed by atoms with Gasteiger partial charge in [0.15, 0.2) is 0 Å². The summed E-state index contributed by atoms with van der Waals surface area (Å²) in [5, 5.41) is 1.07. The molecular formula is C25H28N4O2S. The van der Waals surface area contributed by atoms with Crippen molar-refractivity contribution in [2.45, 2.75) is 44.6 Å². The zero-order chi connectivity index (χ0) is 22.1. The fourth-order valence-electron chi connectivity index (χ4n) is 5.05. The average molecular weight is 449 g/mol. The molecule has 2 fully saturated rings. The van der Waals surface area contributed by atoms with Crippen molar-refractivity contribution in [3.05, 3.63) is 58.6 Å². The first kappa shape index (κ1) is 20.9. The van der Waals surface area contributed by atoms with Crippen LogP contribution < -0.4 is 10.6 Å². The number of primary amides is 1. The fraction of sp³-hybridized carbons (Fsp3) is 0.400. The Morgan fingerprint density at radius 3 is 2.66 bits per heavy atom. The summed E-state index contributed by atoms with van der Waals surface area (Å²) < 4.78 is 1.06. The number of pyridine rings is 1. The van der Waals surface area contributed by atoms with E-state index in [4.69, 9.17) is 5.73 Å². The smallest absolute Gasteiger partial charge is 0.259 e. The van der Waals surface area contributed by atoms with Gasteiger partial charge in [0.05, 0.1) is 4.88 Å². The second-order valence-electron chi connectivity index (χ2n) is 8.72. The summed E-state index contributed by atoms with van der Waals surface area (Å²) in [6, 6.07) is 11.9. The number of benzene rings is 1. The molecule has 5 rings (SSSR count). The molecule has 1 atom stereocenters. The predicted octanol–water partition coefficient (Wildman–Crippen LogP) is 4.23. The Kier molecular flexibility index (Phi) is 5.83. The number of aromatic nitrogens is 1. The van der Waals surface area contributed by atoms with Crippen molar-refractivity contribution < 1.29 is 9.59 Å². The van der Waals surface area contributed by atoms with Crippen LogP contribution >= 0.6 is 11.3 Å². The van der Waals surface area contributed by atoms with E-state index in [1.54, 1.807) is 6.20 Å². The third-order valence-corrected chi connectivity index (χ3v) is 7.90. The number of anilines is 1. The van der Waals surface area contributed by atoms with Crippen molar-refractivity contribution in [3.8, 4) is 0 Å². The fourth-order valence-corrected chi connectivity index (χ4v) is 6.14. The van der Waals surface area contributed by atoms with Crippen LogP contribution in [0.5, 0.6) is 0 Å². The predicted molar refractivity (Wildman–Crippen MR) is 128 cm³/mol. The lowest BCUT2D eigenvalue weighted by Gasteiger charge is -2.36. The number of nitrogens with zero attached hydrogens (tertiary/aromatic N) is 3. The number of carbonyl (C=O) groups excluding carboxylic acids is 2. The van der Waals surface area contributed by atoms with E-state index in [2.05, 4.69) is 9.88 Å². The summed E-state index contributed by atoms with van der Waals surface area (Å²) in [5.41, 5.74) is 7.40. The molecule has 4 heterocycles. The van der Waals surface area contributed by atoms with Crippen molar-refractivity contribution in [2.24, 2.45) is 5.73 Å². The molecule has 0 radical (unpaired) electrons.